The molecule has 0 aliphatic carbocycles. The second kappa shape index (κ2) is 11.5. The van der Waals surface area contributed by atoms with Crippen LogP contribution in [0.1, 0.15) is 51.5 Å². The van der Waals surface area contributed by atoms with Gasteiger partial charge in [0.05, 0.1) is 24.9 Å². The first kappa shape index (κ1) is 25.0. The van der Waals surface area contributed by atoms with Crippen molar-refractivity contribution in [2.24, 2.45) is 0 Å². The zero-order chi connectivity index (χ0) is 24.8. The van der Waals surface area contributed by atoms with Crippen LogP contribution in [-0.2, 0) is 9.47 Å². The molecule has 2 fully saturated rings. The third-order valence-electron chi connectivity index (χ3n) is 5.84. The van der Waals surface area contributed by atoms with Crippen molar-refractivity contribution in [1.29, 1.82) is 0 Å². The second-order valence-electron chi connectivity index (χ2n) is 8.93. The summed E-state index contributed by atoms with van der Waals surface area (Å²) in [5.41, 5.74) is 0.497. The summed E-state index contributed by atoms with van der Waals surface area (Å²) >= 11 is 0. The lowest BCUT2D eigenvalue weighted by molar-refractivity contribution is -0.0167. The molecule has 0 spiro atoms. The van der Waals surface area contributed by atoms with Gasteiger partial charge in [0, 0.05) is 31.9 Å². The number of nitrogens with zero attached hydrogens (tertiary/aromatic N) is 3. The molecule has 1 atom stereocenters. The van der Waals surface area contributed by atoms with Crippen LogP contribution in [0.15, 0.2) is 24.5 Å². The maximum absolute atomic E-state index is 14.8. The summed E-state index contributed by atoms with van der Waals surface area (Å²) < 4.78 is 43.2. The van der Waals surface area contributed by atoms with Crippen molar-refractivity contribution in [3.63, 3.8) is 0 Å². The highest BCUT2D eigenvalue weighted by Crippen LogP contribution is 2.32. The predicted octanol–water partition coefficient (Wildman–Crippen LogP) is 5.01. The maximum Gasteiger partial charge on any atom is 0.412 e. The monoisotopic (exact) mass is 489 g/mol. The minimum Gasteiger partial charge on any atom is -0.490 e. The van der Waals surface area contributed by atoms with Gasteiger partial charge in [-0.1, -0.05) is 0 Å². The second-order valence-corrected chi connectivity index (χ2v) is 8.93. The number of piperidine rings is 1. The first-order valence-corrected chi connectivity index (χ1v) is 12.1. The fourth-order valence-corrected chi connectivity index (χ4v) is 4.00. The Morgan fingerprint density at radius 2 is 1.89 bits per heavy atom. The van der Waals surface area contributed by atoms with E-state index < -0.39 is 18.1 Å². The number of benzene rings is 1. The molecule has 10 heteroatoms. The number of halogens is 1. The number of hydrogen-bond donors (Lipinski definition) is 0. The smallest absolute Gasteiger partial charge is 0.412 e. The van der Waals surface area contributed by atoms with Gasteiger partial charge in [0.1, 0.15) is 18.2 Å². The fraction of sp³-hybridized carbons (Fsp3) is 0.560. The molecular formula is C25H32FN3O6. The van der Waals surface area contributed by atoms with Gasteiger partial charge in [-0.05, 0) is 45.7 Å². The average molecular weight is 490 g/mol. The van der Waals surface area contributed by atoms with Crippen LogP contribution in [0.25, 0.3) is 0 Å². The van der Waals surface area contributed by atoms with E-state index in [1.165, 1.54) is 18.5 Å². The summed E-state index contributed by atoms with van der Waals surface area (Å²) in [6.07, 6.45) is 4.12. The minimum atomic E-state index is -0.565. The summed E-state index contributed by atoms with van der Waals surface area (Å²) in [5, 5.41) is 0. The highest BCUT2D eigenvalue weighted by molar-refractivity contribution is 5.68. The van der Waals surface area contributed by atoms with Crippen LogP contribution in [0.4, 0.5) is 9.18 Å². The zero-order valence-electron chi connectivity index (χ0n) is 20.4. The number of likely N-dealkylation sites (tertiary alicyclic amines) is 1. The summed E-state index contributed by atoms with van der Waals surface area (Å²) in [6, 6.07) is 4.48. The van der Waals surface area contributed by atoms with E-state index in [0.29, 0.717) is 37.5 Å². The number of aromatic nitrogens is 2. The largest absolute Gasteiger partial charge is 0.490 e. The van der Waals surface area contributed by atoms with E-state index in [1.807, 2.05) is 0 Å². The number of rotatable bonds is 7. The molecule has 2 aromatic rings. The fourth-order valence-electron chi connectivity index (χ4n) is 4.00. The van der Waals surface area contributed by atoms with Crippen LogP contribution in [0, 0.1) is 12.7 Å². The Morgan fingerprint density at radius 1 is 1.11 bits per heavy atom. The van der Waals surface area contributed by atoms with Gasteiger partial charge >= 0.3 is 6.09 Å². The summed E-state index contributed by atoms with van der Waals surface area (Å²) in [6.45, 7) is 7.16. The highest BCUT2D eigenvalue weighted by Gasteiger charge is 2.31. The predicted molar refractivity (Wildman–Crippen MR) is 124 cm³/mol. The summed E-state index contributed by atoms with van der Waals surface area (Å²) in [5.74, 6) is 0.320. The summed E-state index contributed by atoms with van der Waals surface area (Å²) in [7, 11) is 0. The maximum atomic E-state index is 14.8. The number of amides is 1. The van der Waals surface area contributed by atoms with Crippen molar-refractivity contribution in [1.82, 2.24) is 14.9 Å². The van der Waals surface area contributed by atoms with Crippen LogP contribution in [0.2, 0.25) is 0 Å². The molecule has 9 nitrogen and oxygen atoms in total. The molecule has 35 heavy (non-hydrogen) atoms. The topological polar surface area (TPSA) is 92.2 Å². The van der Waals surface area contributed by atoms with Gasteiger partial charge < -0.3 is 23.7 Å². The van der Waals surface area contributed by atoms with Crippen LogP contribution in [0.3, 0.4) is 0 Å². The van der Waals surface area contributed by atoms with E-state index >= 15 is 0 Å². The standard InChI is InChI=1S/C25H32FN3O6/c1-16(2)32-25(30)29-11-5-4-6-22(29)35-24-17(3)23(27-15-28-24)34-21-8-7-19(14-20(21)26)33-18-9-12-31-13-10-18/h7-8,14-16,18,22H,4-6,9-13H2,1-3H3. The number of carbonyl (C=O) groups is 1. The Hall–Kier alpha value is -3.14. The Kier molecular flexibility index (Phi) is 8.22. The molecular weight excluding hydrogens is 457 g/mol. The van der Waals surface area contributed by atoms with Crippen LogP contribution in [-0.4, -0.2) is 59.2 Å². The molecule has 1 aromatic carbocycles. The molecule has 2 saturated heterocycles. The zero-order valence-corrected chi connectivity index (χ0v) is 20.4. The van der Waals surface area contributed by atoms with Crippen molar-refractivity contribution in [2.75, 3.05) is 19.8 Å². The van der Waals surface area contributed by atoms with Crippen LogP contribution < -0.4 is 14.2 Å². The third kappa shape index (κ3) is 6.50. The van der Waals surface area contributed by atoms with E-state index in [-0.39, 0.29) is 29.7 Å². The highest BCUT2D eigenvalue weighted by atomic mass is 19.1. The number of hydrogen-bond acceptors (Lipinski definition) is 8. The molecule has 0 radical (unpaired) electrons. The van der Waals surface area contributed by atoms with Gasteiger partial charge in [0.25, 0.3) is 0 Å². The van der Waals surface area contributed by atoms with Crippen molar-refractivity contribution < 1.29 is 32.9 Å². The molecule has 1 amide bonds. The molecule has 4 rings (SSSR count). The van der Waals surface area contributed by atoms with Gasteiger partial charge in [-0.25, -0.2) is 19.2 Å². The van der Waals surface area contributed by atoms with E-state index in [2.05, 4.69) is 9.97 Å². The van der Waals surface area contributed by atoms with Gasteiger partial charge in [0.2, 0.25) is 11.8 Å². The van der Waals surface area contributed by atoms with E-state index in [9.17, 15) is 9.18 Å². The molecule has 1 unspecified atom stereocenters. The molecule has 0 saturated carbocycles. The SMILES string of the molecule is Cc1c(Oc2ccc(OC3CCOCC3)cc2F)ncnc1OC1CCCCN1C(=O)OC(C)C. The first-order valence-electron chi connectivity index (χ1n) is 12.1. The average Bonchev–Trinajstić information content (AvgIpc) is 2.84. The van der Waals surface area contributed by atoms with Crippen LogP contribution in [0.5, 0.6) is 23.3 Å². The lowest BCUT2D eigenvalue weighted by Crippen LogP contribution is -2.47. The Morgan fingerprint density at radius 3 is 2.63 bits per heavy atom. The minimum absolute atomic E-state index is 0.0101. The van der Waals surface area contributed by atoms with E-state index in [0.717, 1.165) is 25.7 Å². The van der Waals surface area contributed by atoms with Gasteiger partial charge in [-0.2, -0.15) is 0 Å². The Labute approximate surface area is 204 Å². The van der Waals surface area contributed by atoms with Crippen LogP contribution >= 0.6 is 0 Å². The number of ether oxygens (including phenoxy) is 5. The van der Waals surface area contributed by atoms with E-state index in [1.54, 1.807) is 31.7 Å². The lowest BCUT2D eigenvalue weighted by Gasteiger charge is -2.35. The Bertz CT molecular complexity index is 1010. The normalized spacial score (nSPS) is 18.9. The molecule has 190 valence electrons. The molecule has 0 N–H and O–H groups in total. The first-order chi connectivity index (χ1) is 16.9. The quantitative estimate of drug-likeness (QED) is 0.536. The van der Waals surface area contributed by atoms with E-state index in [4.69, 9.17) is 23.7 Å². The Balaban J connectivity index is 1.44. The van der Waals surface area contributed by atoms with Crippen molar-refractivity contribution in [2.45, 2.75) is 71.3 Å². The number of carbonyl (C=O) groups excluding carboxylic acids is 1. The molecule has 0 bridgehead atoms. The van der Waals surface area contributed by atoms with Gasteiger partial charge in [-0.3, -0.25) is 4.90 Å². The molecule has 1 aromatic heterocycles. The third-order valence-corrected chi connectivity index (χ3v) is 5.84. The summed E-state index contributed by atoms with van der Waals surface area (Å²) in [4.78, 5) is 22.4. The molecule has 3 heterocycles. The molecule has 2 aliphatic heterocycles. The lowest BCUT2D eigenvalue weighted by atomic mass is 10.1. The van der Waals surface area contributed by atoms with Crippen molar-refractivity contribution in [3.8, 4) is 23.3 Å². The molecule has 2 aliphatic rings. The van der Waals surface area contributed by atoms with Crippen molar-refractivity contribution >= 4 is 6.09 Å². The van der Waals surface area contributed by atoms with Crippen molar-refractivity contribution in [3.05, 3.63) is 35.9 Å². The van der Waals surface area contributed by atoms with Gasteiger partial charge in [0.15, 0.2) is 17.8 Å². The van der Waals surface area contributed by atoms with Gasteiger partial charge in [-0.15, -0.1) is 0 Å².